The van der Waals surface area contributed by atoms with Gasteiger partial charge < -0.3 is 19.8 Å². The number of piperidine rings is 1. The molecule has 3 rings (SSSR count). The Morgan fingerprint density at radius 1 is 1.00 bits per heavy atom. The Labute approximate surface area is 161 Å². The number of nitrogens with zero attached hydrogens (tertiary/aromatic N) is 3. The van der Waals surface area contributed by atoms with Crippen molar-refractivity contribution in [1.82, 2.24) is 9.80 Å². The molecule has 2 fully saturated rings. The van der Waals surface area contributed by atoms with Gasteiger partial charge in [-0.3, -0.25) is 9.59 Å². The summed E-state index contributed by atoms with van der Waals surface area (Å²) in [6.07, 6.45) is 1.74. The van der Waals surface area contributed by atoms with Crippen molar-refractivity contribution < 1.29 is 14.7 Å². The van der Waals surface area contributed by atoms with Crippen molar-refractivity contribution in [3.05, 3.63) is 24.3 Å². The lowest BCUT2D eigenvalue weighted by Gasteiger charge is -2.40. The van der Waals surface area contributed by atoms with Gasteiger partial charge in [-0.1, -0.05) is 32.9 Å². The fraction of sp³-hybridized carbons (Fsp3) is 0.619. The maximum absolute atomic E-state index is 13.0. The topological polar surface area (TPSA) is 64.1 Å². The third-order valence-corrected chi connectivity index (χ3v) is 5.51. The first-order valence-electron chi connectivity index (χ1n) is 9.88. The summed E-state index contributed by atoms with van der Waals surface area (Å²) >= 11 is 0. The van der Waals surface area contributed by atoms with Crippen molar-refractivity contribution >= 4 is 17.5 Å². The van der Waals surface area contributed by atoms with E-state index in [9.17, 15) is 14.7 Å². The molecular formula is C21H31N3O3. The Kier molecular flexibility index (Phi) is 5.63. The number of carbonyl (C=O) groups excluding carboxylic acids is 2. The highest BCUT2D eigenvalue weighted by Gasteiger charge is 2.35. The van der Waals surface area contributed by atoms with Crippen LogP contribution in [-0.2, 0) is 9.59 Å². The molecule has 1 unspecified atom stereocenters. The van der Waals surface area contributed by atoms with Gasteiger partial charge in [-0.25, -0.2) is 0 Å². The van der Waals surface area contributed by atoms with E-state index in [2.05, 4.69) is 4.90 Å². The van der Waals surface area contributed by atoms with Crippen LogP contribution in [0.2, 0.25) is 0 Å². The van der Waals surface area contributed by atoms with E-state index in [1.54, 1.807) is 6.07 Å². The van der Waals surface area contributed by atoms with Gasteiger partial charge in [0.2, 0.25) is 11.8 Å². The molecule has 2 aliphatic heterocycles. The number of piperazine rings is 1. The Bertz CT molecular complexity index is 690. The monoisotopic (exact) mass is 373 g/mol. The lowest BCUT2D eigenvalue weighted by atomic mass is 9.90. The Balaban J connectivity index is 1.57. The molecule has 2 aliphatic rings. The summed E-state index contributed by atoms with van der Waals surface area (Å²) in [5.41, 5.74) is 0.415. The largest absolute Gasteiger partial charge is 0.506 e. The van der Waals surface area contributed by atoms with Gasteiger partial charge in [0.05, 0.1) is 11.6 Å². The van der Waals surface area contributed by atoms with Crippen LogP contribution in [0.25, 0.3) is 0 Å². The van der Waals surface area contributed by atoms with Crippen molar-refractivity contribution in [2.45, 2.75) is 33.6 Å². The maximum Gasteiger partial charge on any atom is 0.227 e. The minimum absolute atomic E-state index is 0.0956. The van der Waals surface area contributed by atoms with E-state index < -0.39 is 5.41 Å². The van der Waals surface area contributed by atoms with E-state index in [-0.39, 0.29) is 23.5 Å². The summed E-state index contributed by atoms with van der Waals surface area (Å²) < 4.78 is 0. The van der Waals surface area contributed by atoms with Crippen LogP contribution in [0.15, 0.2) is 24.3 Å². The van der Waals surface area contributed by atoms with Gasteiger partial charge >= 0.3 is 0 Å². The average Bonchev–Trinajstić information content (AvgIpc) is 2.67. The SMILES string of the molecule is CC(C)(C)C(=O)N1CCCC(C(=O)N2CCN(c3ccccc3O)CC2)C1. The van der Waals surface area contributed by atoms with E-state index in [0.717, 1.165) is 25.1 Å². The molecule has 1 N–H and O–H groups in total. The zero-order chi connectivity index (χ0) is 19.6. The van der Waals surface area contributed by atoms with Gasteiger partial charge in [0.1, 0.15) is 5.75 Å². The van der Waals surface area contributed by atoms with Crippen molar-refractivity contribution in [2.75, 3.05) is 44.2 Å². The number of phenolic OH excluding ortho intramolecular Hbond substituents is 1. The van der Waals surface area contributed by atoms with Gasteiger partial charge in [0.15, 0.2) is 0 Å². The second-order valence-corrected chi connectivity index (χ2v) is 8.64. The molecule has 0 saturated carbocycles. The second-order valence-electron chi connectivity index (χ2n) is 8.64. The molecule has 0 spiro atoms. The number of hydrogen-bond acceptors (Lipinski definition) is 4. The summed E-state index contributed by atoms with van der Waals surface area (Å²) in [4.78, 5) is 31.5. The van der Waals surface area contributed by atoms with Gasteiger partial charge in [-0.05, 0) is 25.0 Å². The van der Waals surface area contributed by atoms with Crippen LogP contribution in [0.5, 0.6) is 5.75 Å². The van der Waals surface area contributed by atoms with Crippen LogP contribution in [-0.4, -0.2) is 66.0 Å². The zero-order valence-corrected chi connectivity index (χ0v) is 16.6. The summed E-state index contributed by atoms with van der Waals surface area (Å²) in [7, 11) is 0. The first-order chi connectivity index (χ1) is 12.8. The molecule has 148 valence electrons. The van der Waals surface area contributed by atoms with Gasteiger partial charge in [-0.15, -0.1) is 0 Å². The number of hydrogen-bond donors (Lipinski definition) is 1. The second kappa shape index (κ2) is 7.79. The molecule has 2 saturated heterocycles. The fourth-order valence-corrected chi connectivity index (χ4v) is 4.00. The number of rotatable bonds is 2. The van der Waals surface area contributed by atoms with Gasteiger partial charge in [0, 0.05) is 44.7 Å². The van der Waals surface area contributed by atoms with Gasteiger partial charge in [0.25, 0.3) is 0 Å². The van der Waals surface area contributed by atoms with Crippen LogP contribution in [0.3, 0.4) is 0 Å². The molecule has 0 aliphatic carbocycles. The van der Waals surface area contributed by atoms with E-state index in [0.29, 0.717) is 32.7 Å². The number of amides is 2. The summed E-state index contributed by atoms with van der Waals surface area (Å²) in [6.45, 7) is 9.79. The van der Waals surface area contributed by atoms with Crippen molar-refractivity contribution in [3.8, 4) is 5.75 Å². The number of likely N-dealkylation sites (tertiary alicyclic amines) is 1. The van der Waals surface area contributed by atoms with E-state index in [4.69, 9.17) is 0 Å². The van der Waals surface area contributed by atoms with E-state index >= 15 is 0 Å². The highest BCUT2D eigenvalue weighted by molar-refractivity contribution is 5.84. The number of aromatic hydroxyl groups is 1. The Hall–Kier alpha value is -2.24. The van der Waals surface area contributed by atoms with Gasteiger partial charge in [-0.2, -0.15) is 0 Å². The number of phenols is 1. The average molecular weight is 373 g/mol. The minimum atomic E-state index is -0.408. The van der Waals surface area contributed by atoms with Crippen molar-refractivity contribution in [3.63, 3.8) is 0 Å². The molecular weight excluding hydrogens is 342 g/mol. The Morgan fingerprint density at radius 3 is 2.30 bits per heavy atom. The van der Waals surface area contributed by atoms with Crippen LogP contribution < -0.4 is 4.90 Å². The highest BCUT2D eigenvalue weighted by Crippen LogP contribution is 2.28. The molecule has 27 heavy (non-hydrogen) atoms. The van der Waals surface area contributed by atoms with Crippen LogP contribution >= 0.6 is 0 Å². The number of carbonyl (C=O) groups is 2. The number of benzene rings is 1. The Morgan fingerprint density at radius 2 is 1.67 bits per heavy atom. The predicted octanol–water partition coefficient (Wildman–Crippen LogP) is 2.33. The summed E-state index contributed by atoms with van der Waals surface area (Å²) in [6, 6.07) is 7.32. The van der Waals surface area contributed by atoms with Crippen molar-refractivity contribution in [1.29, 1.82) is 0 Å². The minimum Gasteiger partial charge on any atom is -0.506 e. The molecule has 1 aromatic carbocycles. The molecule has 1 aromatic rings. The predicted molar refractivity (Wildman–Crippen MR) is 106 cm³/mol. The first kappa shape index (κ1) is 19.5. The van der Waals surface area contributed by atoms with Crippen LogP contribution in [0.4, 0.5) is 5.69 Å². The number of para-hydroxylation sites is 2. The molecule has 2 heterocycles. The van der Waals surface area contributed by atoms with Crippen LogP contribution in [0, 0.1) is 11.3 Å². The molecule has 0 radical (unpaired) electrons. The lowest BCUT2D eigenvalue weighted by Crippen LogP contribution is -2.54. The zero-order valence-electron chi connectivity index (χ0n) is 16.6. The van der Waals surface area contributed by atoms with Crippen molar-refractivity contribution in [2.24, 2.45) is 11.3 Å². The number of anilines is 1. The quantitative estimate of drug-likeness (QED) is 0.864. The third kappa shape index (κ3) is 4.37. The molecule has 2 amide bonds. The molecule has 0 bridgehead atoms. The van der Waals surface area contributed by atoms with E-state index in [1.807, 2.05) is 48.8 Å². The molecule has 1 atom stereocenters. The van der Waals surface area contributed by atoms with E-state index in [1.165, 1.54) is 0 Å². The maximum atomic E-state index is 13.0. The molecule has 6 heteroatoms. The standard InChI is InChI=1S/C21H31N3O3/c1-21(2,3)20(27)24-10-6-7-16(15-24)19(26)23-13-11-22(12-14-23)17-8-4-5-9-18(17)25/h4-5,8-9,16,25H,6-7,10-15H2,1-3H3. The fourth-order valence-electron chi connectivity index (χ4n) is 4.00. The molecule has 6 nitrogen and oxygen atoms in total. The summed E-state index contributed by atoms with van der Waals surface area (Å²) in [5, 5.41) is 10.0. The smallest absolute Gasteiger partial charge is 0.227 e. The third-order valence-electron chi connectivity index (χ3n) is 5.51. The highest BCUT2D eigenvalue weighted by atomic mass is 16.3. The molecule has 0 aromatic heterocycles. The normalized spacial score (nSPS) is 21.3. The first-order valence-corrected chi connectivity index (χ1v) is 9.88. The van der Waals surface area contributed by atoms with Crippen LogP contribution in [0.1, 0.15) is 33.6 Å². The lowest BCUT2D eigenvalue weighted by molar-refractivity contribution is -0.145. The summed E-state index contributed by atoms with van der Waals surface area (Å²) in [5.74, 6) is 0.477.